The first-order valence-electron chi connectivity index (χ1n) is 8.81. The molecule has 1 saturated heterocycles. The van der Waals surface area contributed by atoms with E-state index in [4.69, 9.17) is 4.42 Å². The number of rotatable bonds is 5. The third kappa shape index (κ3) is 3.49. The minimum absolute atomic E-state index is 0.469. The molecule has 1 aromatic carbocycles. The lowest BCUT2D eigenvalue weighted by atomic mass is 10.2. The number of aromatic nitrogens is 4. The lowest BCUT2D eigenvalue weighted by molar-refractivity contribution is 0.215. The van der Waals surface area contributed by atoms with Crippen molar-refractivity contribution in [3.63, 3.8) is 0 Å². The summed E-state index contributed by atoms with van der Waals surface area (Å²) in [7, 11) is 0. The monoisotopic (exact) mass is 337 g/mol. The molecule has 6 nitrogen and oxygen atoms in total. The van der Waals surface area contributed by atoms with Crippen LogP contribution >= 0.6 is 0 Å². The first-order chi connectivity index (χ1) is 12.2. The van der Waals surface area contributed by atoms with Gasteiger partial charge in [0.05, 0.1) is 12.2 Å². The van der Waals surface area contributed by atoms with Crippen molar-refractivity contribution in [2.75, 3.05) is 6.54 Å². The summed E-state index contributed by atoms with van der Waals surface area (Å²) in [5, 5.41) is 4.50. The Bertz CT molecular complexity index is 839. The van der Waals surface area contributed by atoms with Gasteiger partial charge in [0.2, 0.25) is 5.89 Å². The second kappa shape index (κ2) is 6.80. The lowest BCUT2D eigenvalue weighted by Crippen LogP contribution is -2.33. The highest BCUT2D eigenvalue weighted by Crippen LogP contribution is 2.23. The molecule has 0 saturated carbocycles. The van der Waals surface area contributed by atoms with Crippen LogP contribution in [0.2, 0.25) is 0 Å². The van der Waals surface area contributed by atoms with Crippen LogP contribution in [0.4, 0.5) is 0 Å². The molecule has 130 valence electrons. The molecule has 1 aliphatic rings. The van der Waals surface area contributed by atoms with Crippen LogP contribution in [0.1, 0.15) is 30.2 Å². The van der Waals surface area contributed by atoms with Crippen molar-refractivity contribution in [1.29, 1.82) is 0 Å². The normalized spacial score (nSPS) is 18.1. The molecule has 25 heavy (non-hydrogen) atoms. The van der Waals surface area contributed by atoms with Gasteiger partial charge in [0, 0.05) is 18.2 Å². The van der Waals surface area contributed by atoms with Gasteiger partial charge in [0.25, 0.3) is 0 Å². The van der Waals surface area contributed by atoms with E-state index in [9.17, 15) is 0 Å². The minimum atomic E-state index is 0.469. The third-order valence-electron chi connectivity index (χ3n) is 4.78. The van der Waals surface area contributed by atoms with Crippen molar-refractivity contribution in [3.05, 3.63) is 53.9 Å². The fraction of sp³-hybridized carbons (Fsp3) is 0.421. The second-order valence-corrected chi connectivity index (χ2v) is 6.66. The number of hydrogen-bond donors (Lipinski definition) is 0. The summed E-state index contributed by atoms with van der Waals surface area (Å²) in [6.45, 7) is 6.74. The Morgan fingerprint density at radius 3 is 2.76 bits per heavy atom. The fourth-order valence-electron chi connectivity index (χ4n) is 3.54. The van der Waals surface area contributed by atoms with Gasteiger partial charge < -0.3 is 4.42 Å². The van der Waals surface area contributed by atoms with Crippen LogP contribution in [-0.2, 0) is 13.1 Å². The van der Waals surface area contributed by atoms with Gasteiger partial charge in [-0.3, -0.25) is 4.90 Å². The molecule has 1 atom stereocenters. The van der Waals surface area contributed by atoms with E-state index in [1.165, 1.54) is 12.8 Å². The van der Waals surface area contributed by atoms with Crippen molar-refractivity contribution in [3.8, 4) is 11.5 Å². The lowest BCUT2D eigenvalue weighted by Gasteiger charge is -2.23. The smallest absolute Gasteiger partial charge is 0.226 e. The number of aryl methyl sites for hydroxylation is 2. The van der Waals surface area contributed by atoms with Gasteiger partial charge in [-0.15, -0.1) is 0 Å². The largest absolute Gasteiger partial charge is 0.444 e. The molecule has 0 spiro atoms. The second-order valence-electron chi connectivity index (χ2n) is 6.66. The average molecular weight is 337 g/mol. The first kappa shape index (κ1) is 16.0. The van der Waals surface area contributed by atoms with Crippen LogP contribution in [0.15, 0.2) is 41.0 Å². The zero-order chi connectivity index (χ0) is 17.2. The Morgan fingerprint density at radius 1 is 1.16 bits per heavy atom. The minimum Gasteiger partial charge on any atom is -0.444 e. The summed E-state index contributed by atoms with van der Waals surface area (Å²) >= 11 is 0. The first-order valence-corrected chi connectivity index (χ1v) is 8.81. The fourth-order valence-corrected chi connectivity index (χ4v) is 3.54. The molecule has 1 fully saturated rings. The van der Waals surface area contributed by atoms with Gasteiger partial charge in [-0.25, -0.2) is 14.6 Å². The molecule has 0 radical (unpaired) electrons. The van der Waals surface area contributed by atoms with E-state index < -0.39 is 0 Å². The maximum Gasteiger partial charge on any atom is 0.226 e. The van der Waals surface area contributed by atoms with Crippen molar-refractivity contribution >= 4 is 0 Å². The Balaban J connectivity index is 1.45. The molecule has 0 amide bonds. The third-order valence-corrected chi connectivity index (χ3v) is 4.78. The summed E-state index contributed by atoms with van der Waals surface area (Å²) in [6.07, 6.45) is 4.17. The Kier molecular flexibility index (Phi) is 4.36. The van der Waals surface area contributed by atoms with E-state index in [1.807, 2.05) is 48.9 Å². The molecule has 2 aromatic heterocycles. The Morgan fingerprint density at radius 2 is 2.00 bits per heavy atom. The van der Waals surface area contributed by atoms with E-state index in [1.54, 1.807) is 6.26 Å². The number of oxazole rings is 1. The zero-order valence-electron chi connectivity index (χ0n) is 14.7. The van der Waals surface area contributed by atoms with Crippen molar-refractivity contribution in [1.82, 2.24) is 24.6 Å². The van der Waals surface area contributed by atoms with Crippen LogP contribution in [0.25, 0.3) is 11.5 Å². The number of nitrogens with zero attached hydrogens (tertiary/aromatic N) is 5. The number of benzene rings is 1. The molecule has 0 N–H and O–H groups in total. The van der Waals surface area contributed by atoms with Gasteiger partial charge in [0.15, 0.2) is 0 Å². The molecule has 3 heterocycles. The number of hydrogen-bond acceptors (Lipinski definition) is 5. The predicted octanol–water partition coefficient (Wildman–Crippen LogP) is 3.21. The maximum absolute atomic E-state index is 5.67. The Labute approximate surface area is 147 Å². The van der Waals surface area contributed by atoms with Gasteiger partial charge in [-0.1, -0.05) is 18.2 Å². The van der Waals surface area contributed by atoms with E-state index in [2.05, 4.69) is 20.0 Å². The summed E-state index contributed by atoms with van der Waals surface area (Å²) in [4.78, 5) is 11.5. The molecule has 0 bridgehead atoms. The van der Waals surface area contributed by atoms with Gasteiger partial charge in [-0.05, 0) is 45.4 Å². The van der Waals surface area contributed by atoms with Crippen molar-refractivity contribution in [2.24, 2.45) is 0 Å². The molecule has 3 aromatic rings. The summed E-state index contributed by atoms with van der Waals surface area (Å²) in [5.74, 6) is 2.51. The van der Waals surface area contributed by atoms with Crippen LogP contribution in [0.5, 0.6) is 0 Å². The van der Waals surface area contributed by atoms with Crippen LogP contribution in [-0.4, -0.2) is 37.2 Å². The highest BCUT2D eigenvalue weighted by Gasteiger charge is 2.26. The quantitative estimate of drug-likeness (QED) is 0.715. The molecule has 6 heteroatoms. The number of likely N-dealkylation sites (tertiary alicyclic amines) is 1. The van der Waals surface area contributed by atoms with Crippen molar-refractivity contribution in [2.45, 2.75) is 45.8 Å². The van der Waals surface area contributed by atoms with E-state index >= 15 is 0 Å². The van der Waals surface area contributed by atoms with Crippen LogP contribution < -0.4 is 0 Å². The highest BCUT2D eigenvalue weighted by atomic mass is 16.3. The van der Waals surface area contributed by atoms with Gasteiger partial charge in [-0.2, -0.15) is 5.10 Å². The SMILES string of the molecule is Cc1nc(C)n(C[C@H]2CCCN2Cc2coc(-c3ccccc3)n2)n1. The van der Waals surface area contributed by atoms with Crippen LogP contribution in [0.3, 0.4) is 0 Å². The molecular weight excluding hydrogens is 314 g/mol. The average Bonchev–Trinajstić information content (AvgIpc) is 3.32. The van der Waals surface area contributed by atoms with E-state index in [0.29, 0.717) is 11.9 Å². The molecule has 4 rings (SSSR count). The Hall–Kier alpha value is -2.47. The topological polar surface area (TPSA) is 60.0 Å². The summed E-state index contributed by atoms with van der Waals surface area (Å²) in [6, 6.07) is 10.5. The summed E-state index contributed by atoms with van der Waals surface area (Å²) < 4.78 is 7.70. The van der Waals surface area contributed by atoms with E-state index in [-0.39, 0.29) is 0 Å². The van der Waals surface area contributed by atoms with Crippen LogP contribution in [0, 0.1) is 13.8 Å². The highest BCUT2D eigenvalue weighted by molar-refractivity contribution is 5.52. The zero-order valence-corrected chi connectivity index (χ0v) is 14.7. The molecule has 0 aliphatic carbocycles. The molecule has 0 unspecified atom stereocenters. The van der Waals surface area contributed by atoms with Gasteiger partial charge >= 0.3 is 0 Å². The van der Waals surface area contributed by atoms with Crippen molar-refractivity contribution < 1.29 is 4.42 Å². The predicted molar refractivity (Wildman–Crippen MR) is 94.9 cm³/mol. The molecular formula is C19H23N5O. The van der Waals surface area contributed by atoms with Gasteiger partial charge in [0.1, 0.15) is 17.9 Å². The summed E-state index contributed by atoms with van der Waals surface area (Å²) in [5.41, 5.74) is 2.00. The van der Waals surface area contributed by atoms with E-state index in [0.717, 1.165) is 42.5 Å². The molecule has 1 aliphatic heterocycles. The maximum atomic E-state index is 5.67. The standard InChI is InChI=1S/C19H23N5O/c1-14-20-15(2)24(22-14)12-18-9-6-10-23(18)11-17-13-25-19(21-17)16-7-4-3-5-8-16/h3-5,7-8,13,18H,6,9-12H2,1-2H3/t18-/m1/s1.